The molecule has 2 aromatic carbocycles. The van der Waals surface area contributed by atoms with E-state index in [-0.39, 0.29) is 6.61 Å². The van der Waals surface area contributed by atoms with E-state index in [1.807, 2.05) is 48.5 Å². The number of aliphatic hydroxyl groups is 1. The van der Waals surface area contributed by atoms with Crippen molar-refractivity contribution in [2.45, 2.75) is 18.9 Å². The average molecular weight is 362 g/mol. The van der Waals surface area contributed by atoms with Gasteiger partial charge in [0.15, 0.2) is 0 Å². The van der Waals surface area contributed by atoms with Crippen LogP contribution in [-0.4, -0.2) is 28.7 Å². The van der Waals surface area contributed by atoms with E-state index in [1.165, 1.54) is 0 Å². The summed E-state index contributed by atoms with van der Waals surface area (Å²) in [5.41, 5.74) is 8.56. The van der Waals surface area contributed by atoms with Crippen molar-refractivity contribution in [1.82, 2.24) is 4.98 Å². The van der Waals surface area contributed by atoms with Gasteiger partial charge in [-0.2, -0.15) is 0 Å². The number of pyridine rings is 1. The van der Waals surface area contributed by atoms with Crippen LogP contribution in [0.3, 0.4) is 0 Å². The van der Waals surface area contributed by atoms with Crippen LogP contribution in [0.5, 0.6) is 5.75 Å². The Labute approximate surface area is 158 Å². The van der Waals surface area contributed by atoms with Gasteiger partial charge in [0.1, 0.15) is 12.4 Å². The van der Waals surface area contributed by atoms with Gasteiger partial charge in [-0.3, -0.25) is 9.78 Å². The highest BCUT2D eigenvalue weighted by molar-refractivity contribution is 5.98. The standard InChI is InChI=1S/C22H22N2O3/c23-22(26)20-10-4-9-19(17-7-2-1-3-8-17)21(20)27-15-18(25)12-11-16-6-5-13-24-14-16/h1-10,13-14,18,25H,11-12,15H2,(H2,23,26). The predicted molar refractivity (Wildman–Crippen MR) is 104 cm³/mol. The Balaban J connectivity index is 1.74. The molecule has 1 atom stereocenters. The van der Waals surface area contributed by atoms with Crippen LogP contribution < -0.4 is 10.5 Å². The number of hydrogen-bond donors (Lipinski definition) is 2. The van der Waals surface area contributed by atoms with Crippen LogP contribution in [0.2, 0.25) is 0 Å². The third-order valence-electron chi connectivity index (χ3n) is 4.27. The summed E-state index contributed by atoms with van der Waals surface area (Å²) in [6.07, 6.45) is 4.06. The summed E-state index contributed by atoms with van der Waals surface area (Å²) in [6, 6.07) is 18.7. The number of nitrogens with two attached hydrogens (primary N) is 1. The molecule has 0 aliphatic heterocycles. The molecule has 0 saturated heterocycles. The molecule has 1 amide bonds. The van der Waals surface area contributed by atoms with Gasteiger partial charge in [-0.25, -0.2) is 0 Å². The van der Waals surface area contributed by atoms with Crippen molar-refractivity contribution in [3.05, 3.63) is 84.2 Å². The molecule has 0 aliphatic carbocycles. The first-order valence-electron chi connectivity index (χ1n) is 8.83. The third kappa shape index (κ3) is 4.92. The Morgan fingerprint density at radius 3 is 2.59 bits per heavy atom. The van der Waals surface area contributed by atoms with Gasteiger partial charge in [-0.15, -0.1) is 0 Å². The molecule has 0 radical (unpaired) electrons. The zero-order valence-electron chi connectivity index (χ0n) is 14.9. The monoisotopic (exact) mass is 362 g/mol. The molecule has 1 aromatic heterocycles. The molecule has 138 valence electrons. The molecule has 3 N–H and O–H groups in total. The van der Waals surface area contributed by atoms with E-state index in [9.17, 15) is 9.90 Å². The van der Waals surface area contributed by atoms with Gasteiger partial charge >= 0.3 is 0 Å². The third-order valence-corrected chi connectivity index (χ3v) is 4.27. The lowest BCUT2D eigenvalue weighted by Gasteiger charge is -2.17. The molecule has 5 heteroatoms. The van der Waals surface area contributed by atoms with Crippen molar-refractivity contribution in [2.24, 2.45) is 5.73 Å². The molecule has 0 saturated carbocycles. The Morgan fingerprint density at radius 1 is 1.07 bits per heavy atom. The van der Waals surface area contributed by atoms with E-state index in [0.717, 1.165) is 16.7 Å². The van der Waals surface area contributed by atoms with Crippen LogP contribution in [0.4, 0.5) is 0 Å². The smallest absolute Gasteiger partial charge is 0.252 e. The van der Waals surface area contributed by atoms with Crippen LogP contribution in [-0.2, 0) is 6.42 Å². The highest BCUT2D eigenvalue weighted by atomic mass is 16.5. The van der Waals surface area contributed by atoms with E-state index in [1.54, 1.807) is 24.5 Å². The minimum atomic E-state index is -0.672. The molecule has 0 aliphatic rings. The summed E-state index contributed by atoms with van der Waals surface area (Å²) in [4.78, 5) is 15.9. The molecule has 3 rings (SSSR count). The fourth-order valence-electron chi connectivity index (χ4n) is 2.87. The maximum absolute atomic E-state index is 11.8. The molecule has 0 fully saturated rings. The number of benzene rings is 2. The van der Waals surface area contributed by atoms with Crippen LogP contribution in [0.15, 0.2) is 73.1 Å². The summed E-state index contributed by atoms with van der Waals surface area (Å²) in [6.45, 7) is 0.0738. The largest absolute Gasteiger partial charge is 0.489 e. The fraction of sp³-hybridized carbons (Fsp3) is 0.182. The average Bonchev–Trinajstić information content (AvgIpc) is 2.71. The maximum atomic E-state index is 11.8. The minimum absolute atomic E-state index is 0.0738. The van der Waals surface area contributed by atoms with Crippen LogP contribution >= 0.6 is 0 Å². The van der Waals surface area contributed by atoms with Gasteiger partial charge in [-0.1, -0.05) is 48.5 Å². The molecular weight excluding hydrogens is 340 g/mol. The SMILES string of the molecule is NC(=O)c1cccc(-c2ccccc2)c1OCC(O)CCc1cccnc1. The van der Waals surface area contributed by atoms with Crippen molar-refractivity contribution in [3.8, 4) is 16.9 Å². The zero-order chi connectivity index (χ0) is 19.1. The predicted octanol–water partition coefficient (Wildman–Crippen LogP) is 3.22. The number of aromatic nitrogens is 1. The first-order valence-corrected chi connectivity index (χ1v) is 8.83. The van der Waals surface area contributed by atoms with Gasteiger partial charge in [0.25, 0.3) is 5.91 Å². The Bertz CT molecular complexity index is 883. The lowest BCUT2D eigenvalue weighted by Crippen LogP contribution is -2.21. The number of carbonyl (C=O) groups is 1. The topological polar surface area (TPSA) is 85.4 Å². The summed E-state index contributed by atoms with van der Waals surface area (Å²) >= 11 is 0. The van der Waals surface area contributed by atoms with E-state index < -0.39 is 12.0 Å². The Hall–Kier alpha value is -3.18. The minimum Gasteiger partial charge on any atom is -0.489 e. The number of ether oxygens (including phenoxy) is 1. The van der Waals surface area contributed by atoms with Crippen molar-refractivity contribution < 1.29 is 14.6 Å². The maximum Gasteiger partial charge on any atom is 0.252 e. The van der Waals surface area contributed by atoms with Crippen molar-refractivity contribution in [2.75, 3.05) is 6.61 Å². The quantitative estimate of drug-likeness (QED) is 0.644. The number of nitrogens with zero attached hydrogens (tertiary/aromatic N) is 1. The number of para-hydroxylation sites is 1. The van der Waals surface area contributed by atoms with E-state index in [0.29, 0.717) is 24.2 Å². The lowest BCUT2D eigenvalue weighted by molar-refractivity contribution is 0.0944. The van der Waals surface area contributed by atoms with Crippen LogP contribution in [0, 0.1) is 0 Å². The Kier molecular flexibility index (Phi) is 6.18. The number of rotatable bonds is 8. The van der Waals surface area contributed by atoms with Gasteiger partial charge in [-0.05, 0) is 36.1 Å². The number of amides is 1. The second-order valence-corrected chi connectivity index (χ2v) is 6.28. The molecule has 27 heavy (non-hydrogen) atoms. The molecule has 1 unspecified atom stereocenters. The van der Waals surface area contributed by atoms with Crippen molar-refractivity contribution in [3.63, 3.8) is 0 Å². The summed E-state index contributed by atoms with van der Waals surface area (Å²) < 4.78 is 5.87. The normalized spacial score (nSPS) is 11.7. The number of primary amides is 1. The second-order valence-electron chi connectivity index (χ2n) is 6.28. The highest BCUT2D eigenvalue weighted by Gasteiger charge is 2.17. The van der Waals surface area contributed by atoms with Crippen LogP contribution in [0.1, 0.15) is 22.3 Å². The van der Waals surface area contributed by atoms with Gasteiger partial charge in [0, 0.05) is 18.0 Å². The molecule has 0 bridgehead atoms. The van der Waals surface area contributed by atoms with E-state index >= 15 is 0 Å². The number of hydrogen-bond acceptors (Lipinski definition) is 4. The van der Waals surface area contributed by atoms with E-state index in [2.05, 4.69) is 4.98 Å². The van der Waals surface area contributed by atoms with Crippen molar-refractivity contribution in [1.29, 1.82) is 0 Å². The van der Waals surface area contributed by atoms with Gasteiger partial charge in [0.2, 0.25) is 0 Å². The first-order chi connectivity index (χ1) is 13.1. The van der Waals surface area contributed by atoms with E-state index in [4.69, 9.17) is 10.5 Å². The lowest BCUT2D eigenvalue weighted by atomic mass is 10.0. The molecular formula is C22H22N2O3. The van der Waals surface area contributed by atoms with Crippen molar-refractivity contribution >= 4 is 5.91 Å². The number of aliphatic hydroxyl groups excluding tert-OH is 1. The summed E-state index contributed by atoms with van der Waals surface area (Å²) in [5, 5.41) is 10.3. The number of aryl methyl sites for hydroxylation is 1. The second kappa shape index (κ2) is 8.96. The first kappa shape index (κ1) is 18.6. The van der Waals surface area contributed by atoms with Gasteiger partial charge < -0.3 is 15.6 Å². The molecule has 0 spiro atoms. The zero-order valence-corrected chi connectivity index (χ0v) is 14.9. The summed E-state index contributed by atoms with van der Waals surface area (Å²) in [5.74, 6) is -0.163. The number of carbonyl (C=O) groups excluding carboxylic acids is 1. The van der Waals surface area contributed by atoms with Crippen LogP contribution in [0.25, 0.3) is 11.1 Å². The summed E-state index contributed by atoms with van der Waals surface area (Å²) in [7, 11) is 0. The fourth-order valence-corrected chi connectivity index (χ4v) is 2.87. The Morgan fingerprint density at radius 2 is 1.89 bits per heavy atom. The van der Waals surface area contributed by atoms with Gasteiger partial charge in [0.05, 0.1) is 11.7 Å². The molecule has 5 nitrogen and oxygen atoms in total. The highest BCUT2D eigenvalue weighted by Crippen LogP contribution is 2.33. The molecule has 3 aromatic rings. The molecule has 1 heterocycles.